The van der Waals surface area contributed by atoms with Crippen LogP contribution in [0.3, 0.4) is 0 Å². The summed E-state index contributed by atoms with van der Waals surface area (Å²) < 4.78 is 0. The average molecular weight is 162 g/mol. The Morgan fingerprint density at radius 1 is 1.00 bits per heavy atom. The number of nitrogens with zero attached hydrogens (tertiary/aromatic N) is 1. The standard InChI is InChI=1S/C9H7N.H3NO/c1-2-4-9-7-10-6-5-8(9)3-1;1-2/h1-7H;2H,1H2. The fourth-order valence-electron chi connectivity index (χ4n) is 1.03. The van der Waals surface area contributed by atoms with Gasteiger partial charge in [0.05, 0.1) is 0 Å². The maximum Gasteiger partial charge on any atom is 0.0346 e. The van der Waals surface area contributed by atoms with Gasteiger partial charge in [-0.15, -0.1) is 0 Å². The minimum absolute atomic E-state index is 1.20. The molecule has 2 aromatic rings. The van der Waals surface area contributed by atoms with Crippen molar-refractivity contribution in [2.75, 3.05) is 0 Å². The number of hydrogen-bond acceptors (Lipinski definition) is 3. The van der Waals surface area contributed by atoms with Gasteiger partial charge in [-0.05, 0) is 16.8 Å². The van der Waals surface area contributed by atoms with Crippen LogP contribution in [-0.2, 0) is 0 Å². The van der Waals surface area contributed by atoms with Crippen LogP contribution in [0, 0.1) is 0 Å². The summed E-state index contributed by atoms with van der Waals surface area (Å²) in [4.78, 5) is 4.01. The molecular formula is C9H10N2O. The van der Waals surface area contributed by atoms with Gasteiger partial charge in [-0.3, -0.25) is 4.98 Å². The maximum absolute atomic E-state index is 6.50. The minimum Gasteiger partial charge on any atom is -0.320 e. The molecule has 0 aliphatic heterocycles. The van der Waals surface area contributed by atoms with Crippen LogP contribution in [0.1, 0.15) is 0 Å². The van der Waals surface area contributed by atoms with Gasteiger partial charge in [0.1, 0.15) is 0 Å². The zero-order valence-corrected chi connectivity index (χ0v) is 6.51. The molecule has 0 saturated carbocycles. The van der Waals surface area contributed by atoms with Crippen molar-refractivity contribution in [3.63, 3.8) is 0 Å². The zero-order chi connectivity index (χ0) is 8.81. The molecule has 0 saturated heterocycles. The predicted molar refractivity (Wildman–Crippen MR) is 47.7 cm³/mol. The molecule has 1 aromatic carbocycles. The summed E-state index contributed by atoms with van der Waals surface area (Å²) in [5.74, 6) is 3.50. The molecule has 0 amide bonds. The number of hydrogen-bond donors (Lipinski definition) is 2. The summed E-state index contributed by atoms with van der Waals surface area (Å²) in [5.41, 5.74) is 0. The predicted octanol–water partition coefficient (Wildman–Crippen LogP) is 1.57. The van der Waals surface area contributed by atoms with Gasteiger partial charge < -0.3 is 5.21 Å². The van der Waals surface area contributed by atoms with Crippen LogP contribution in [0.2, 0.25) is 0 Å². The fourth-order valence-corrected chi connectivity index (χ4v) is 1.03. The summed E-state index contributed by atoms with van der Waals surface area (Å²) in [6.07, 6.45) is 3.68. The Morgan fingerprint density at radius 2 is 1.67 bits per heavy atom. The van der Waals surface area contributed by atoms with Gasteiger partial charge in [0.2, 0.25) is 0 Å². The van der Waals surface area contributed by atoms with Gasteiger partial charge in [-0.2, -0.15) is 0 Å². The zero-order valence-electron chi connectivity index (χ0n) is 6.51. The Kier molecular flexibility index (Phi) is 3.19. The summed E-state index contributed by atoms with van der Waals surface area (Å²) in [6.45, 7) is 0. The van der Waals surface area contributed by atoms with E-state index < -0.39 is 0 Å². The van der Waals surface area contributed by atoms with E-state index in [4.69, 9.17) is 5.21 Å². The quantitative estimate of drug-likeness (QED) is 0.578. The highest BCUT2D eigenvalue weighted by atomic mass is 16.4. The van der Waals surface area contributed by atoms with E-state index in [1.807, 2.05) is 30.6 Å². The minimum atomic E-state index is 1.20. The smallest absolute Gasteiger partial charge is 0.0346 e. The number of nitrogens with two attached hydrogens (primary N) is 1. The molecule has 12 heavy (non-hydrogen) atoms. The van der Waals surface area contributed by atoms with Gasteiger partial charge in [-0.25, -0.2) is 5.90 Å². The summed E-state index contributed by atoms with van der Waals surface area (Å²) in [7, 11) is 0. The first-order valence-corrected chi connectivity index (χ1v) is 3.51. The second kappa shape index (κ2) is 4.43. The Labute approximate surface area is 70.4 Å². The van der Waals surface area contributed by atoms with Crippen LogP contribution in [0.5, 0.6) is 0 Å². The highest BCUT2D eigenvalue weighted by Gasteiger charge is 1.86. The van der Waals surface area contributed by atoms with Crippen molar-refractivity contribution in [3.05, 3.63) is 42.7 Å². The number of fused-ring (bicyclic) bond motifs is 1. The highest BCUT2D eigenvalue weighted by molar-refractivity contribution is 5.80. The van der Waals surface area contributed by atoms with Gasteiger partial charge in [-0.1, -0.05) is 24.3 Å². The van der Waals surface area contributed by atoms with Crippen LogP contribution in [0.15, 0.2) is 42.7 Å². The lowest BCUT2D eigenvalue weighted by Crippen LogP contribution is -1.72. The molecule has 0 aliphatic carbocycles. The molecule has 0 fully saturated rings. The van der Waals surface area contributed by atoms with Crippen molar-refractivity contribution in [2.45, 2.75) is 0 Å². The number of benzene rings is 1. The summed E-state index contributed by atoms with van der Waals surface area (Å²) >= 11 is 0. The van der Waals surface area contributed by atoms with Crippen LogP contribution in [-0.4, -0.2) is 10.2 Å². The molecule has 2 rings (SSSR count). The topological polar surface area (TPSA) is 59.1 Å². The van der Waals surface area contributed by atoms with Crippen LogP contribution >= 0.6 is 0 Å². The molecule has 0 radical (unpaired) electrons. The van der Waals surface area contributed by atoms with Crippen molar-refractivity contribution >= 4 is 10.8 Å². The van der Waals surface area contributed by atoms with Crippen molar-refractivity contribution in [2.24, 2.45) is 5.90 Å². The summed E-state index contributed by atoms with van der Waals surface area (Å²) in [5, 5.41) is 8.95. The molecule has 3 nitrogen and oxygen atoms in total. The molecule has 0 atom stereocenters. The van der Waals surface area contributed by atoms with Gasteiger partial charge >= 0.3 is 0 Å². The van der Waals surface area contributed by atoms with E-state index in [-0.39, 0.29) is 0 Å². The molecule has 62 valence electrons. The Bertz CT molecular complexity index is 284. The Balaban J connectivity index is 0.000000336. The Hall–Kier alpha value is -1.45. The molecule has 3 heteroatoms. The van der Waals surface area contributed by atoms with Crippen molar-refractivity contribution in [1.82, 2.24) is 4.98 Å². The van der Waals surface area contributed by atoms with Crippen LogP contribution in [0.4, 0.5) is 0 Å². The maximum atomic E-state index is 6.50. The number of pyridine rings is 1. The molecule has 3 N–H and O–H groups in total. The summed E-state index contributed by atoms with van der Waals surface area (Å²) in [6, 6.07) is 10.2. The fraction of sp³-hybridized carbons (Fsp3) is 0. The van der Waals surface area contributed by atoms with E-state index in [9.17, 15) is 0 Å². The molecule has 0 aliphatic rings. The molecule has 0 bridgehead atoms. The van der Waals surface area contributed by atoms with E-state index in [0.29, 0.717) is 0 Å². The van der Waals surface area contributed by atoms with Gasteiger partial charge in [0, 0.05) is 12.4 Å². The number of aromatic nitrogens is 1. The van der Waals surface area contributed by atoms with E-state index in [1.165, 1.54) is 10.8 Å². The largest absolute Gasteiger partial charge is 0.320 e. The lowest BCUT2D eigenvalue weighted by atomic mass is 10.2. The first-order valence-electron chi connectivity index (χ1n) is 3.51. The normalized spacial score (nSPS) is 8.83. The third kappa shape index (κ3) is 1.78. The van der Waals surface area contributed by atoms with Crippen molar-refractivity contribution < 1.29 is 5.21 Å². The SMILES string of the molecule is NO.c1ccc2cnccc2c1. The molecule has 0 spiro atoms. The lowest BCUT2D eigenvalue weighted by Gasteiger charge is -1.91. The third-order valence-electron chi connectivity index (χ3n) is 1.55. The first-order chi connectivity index (χ1) is 5.97. The third-order valence-corrected chi connectivity index (χ3v) is 1.55. The van der Waals surface area contributed by atoms with Gasteiger partial charge in [0.25, 0.3) is 0 Å². The molecular weight excluding hydrogens is 152 g/mol. The lowest BCUT2D eigenvalue weighted by molar-refractivity contribution is 0.311. The van der Waals surface area contributed by atoms with E-state index in [1.54, 1.807) is 0 Å². The molecule has 0 unspecified atom stereocenters. The Morgan fingerprint density at radius 3 is 2.33 bits per heavy atom. The second-order valence-electron chi connectivity index (χ2n) is 2.22. The van der Waals surface area contributed by atoms with Crippen molar-refractivity contribution in [1.29, 1.82) is 0 Å². The van der Waals surface area contributed by atoms with Gasteiger partial charge in [0.15, 0.2) is 0 Å². The number of rotatable bonds is 0. The molecule has 1 aromatic heterocycles. The van der Waals surface area contributed by atoms with E-state index in [0.717, 1.165) is 0 Å². The first kappa shape index (κ1) is 8.64. The van der Waals surface area contributed by atoms with Crippen LogP contribution in [0.25, 0.3) is 10.8 Å². The van der Waals surface area contributed by atoms with E-state index in [2.05, 4.69) is 23.0 Å². The second-order valence-corrected chi connectivity index (χ2v) is 2.22. The highest BCUT2D eigenvalue weighted by Crippen LogP contribution is 2.09. The average Bonchev–Trinajstić information content (AvgIpc) is 2.21. The molecule has 1 heterocycles. The monoisotopic (exact) mass is 162 g/mol. The van der Waals surface area contributed by atoms with Crippen LogP contribution < -0.4 is 5.90 Å². The van der Waals surface area contributed by atoms with E-state index >= 15 is 0 Å². The van der Waals surface area contributed by atoms with Crippen molar-refractivity contribution in [3.8, 4) is 0 Å².